The largest absolute Gasteiger partial charge is 0.457 e. The standard InChI is InChI=1S/C25H23ClN4O2S/c1-2-3-8-15-33-25-28-24(31)22-17-10-5-7-12-19(17)27-23(30(22)29-25)21-14-13-20(32-21)16-9-4-6-11-18(16)26/h4-7,9-14,23H,2-3,8,15H2,1H3,(H,28,29,31)/t23-/m1/s1. The Hall–Kier alpha value is -3.03. The fraction of sp³-hybridized carbons (Fsp3) is 0.240. The van der Waals surface area contributed by atoms with Gasteiger partial charge in [-0.1, -0.05) is 73.5 Å². The number of halogens is 1. The van der Waals surface area contributed by atoms with Crippen LogP contribution in [0.4, 0.5) is 0 Å². The zero-order valence-corrected chi connectivity index (χ0v) is 19.7. The van der Waals surface area contributed by atoms with Gasteiger partial charge in [0.15, 0.2) is 10.9 Å². The molecule has 1 atom stereocenters. The van der Waals surface area contributed by atoms with Crippen LogP contribution in [0.25, 0.3) is 17.0 Å². The molecule has 0 saturated carbocycles. The maximum absolute atomic E-state index is 13.2. The van der Waals surface area contributed by atoms with E-state index in [0.717, 1.165) is 41.2 Å². The lowest BCUT2D eigenvalue weighted by atomic mass is 10.1. The van der Waals surface area contributed by atoms with Gasteiger partial charge in [-0.3, -0.25) is 10.1 Å². The monoisotopic (exact) mass is 478 g/mol. The van der Waals surface area contributed by atoms with E-state index < -0.39 is 6.17 Å². The number of carbonyl (C=O) groups is 1. The highest BCUT2D eigenvalue weighted by molar-refractivity contribution is 8.13. The smallest absolute Gasteiger partial charge is 0.276 e. The molecule has 3 heterocycles. The third-order valence-corrected chi connectivity index (χ3v) is 6.80. The molecule has 6 nitrogen and oxygen atoms in total. The molecule has 0 bridgehead atoms. The number of nitrogens with zero attached hydrogens (tertiary/aromatic N) is 3. The van der Waals surface area contributed by atoms with E-state index in [0.29, 0.717) is 27.4 Å². The Kier molecular flexibility index (Phi) is 6.24. The van der Waals surface area contributed by atoms with Crippen LogP contribution in [0.15, 0.2) is 75.2 Å². The summed E-state index contributed by atoms with van der Waals surface area (Å²) in [5.41, 5.74) is 1.28. The minimum absolute atomic E-state index is 0.187. The van der Waals surface area contributed by atoms with Crippen molar-refractivity contribution >= 4 is 40.1 Å². The highest BCUT2D eigenvalue weighted by Gasteiger charge is 2.36. The van der Waals surface area contributed by atoms with Crippen LogP contribution in [0, 0.1) is 0 Å². The third kappa shape index (κ3) is 4.30. The lowest BCUT2D eigenvalue weighted by molar-refractivity contribution is -0.116. The number of amides is 1. The van der Waals surface area contributed by atoms with Crippen LogP contribution in [0.2, 0.25) is 5.02 Å². The molecule has 8 heteroatoms. The van der Waals surface area contributed by atoms with Crippen molar-refractivity contribution in [3.05, 3.63) is 82.0 Å². The van der Waals surface area contributed by atoms with Crippen LogP contribution in [-0.2, 0) is 4.79 Å². The molecule has 2 aliphatic rings. The normalized spacial score (nSPS) is 17.1. The molecule has 168 valence electrons. The average Bonchev–Trinajstić information content (AvgIpc) is 3.31. The summed E-state index contributed by atoms with van der Waals surface area (Å²) < 4.78 is 6.20. The maximum atomic E-state index is 13.2. The lowest BCUT2D eigenvalue weighted by Gasteiger charge is -2.32. The Balaban J connectivity index is 1.56. The number of para-hydroxylation sites is 1. The van der Waals surface area contributed by atoms with E-state index in [1.807, 2.05) is 60.7 Å². The second kappa shape index (κ2) is 9.45. The molecule has 2 aliphatic heterocycles. The van der Waals surface area contributed by atoms with Gasteiger partial charge in [-0.25, -0.2) is 10.0 Å². The Labute approximate surface area is 201 Å². The minimum Gasteiger partial charge on any atom is -0.457 e. The first kappa shape index (κ1) is 21.8. The second-order valence-electron chi connectivity index (χ2n) is 7.81. The molecule has 3 aromatic rings. The molecule has 1 aromatic heterocycles. The van der Waals surface area contributed by atoms with Gasteiger partial charge in [0, 0.05) is 16.5 Å². The Morgan fingerprint density at radius 2 is 1.91 bits per heavy atom. The lowest BCUT2D eigenvalue weighted by Crippen LogP contribution is -2.50. The number of nitrogens with one attached hydrogen (secondary N) is 1. The third-order valence-electron chi connectivity index (χ3n) is 5.52. The highest BCUT2D eigenvalue weighted by Crippen LogP contribution is 2.35. The van der Waals surface area contributed by atoms with Crippen molar-refractivity contribution in [1.29, 1.82) is 0 Å². The summed E-state index contributed by atoms with van der Waals surface area (Å²) in [6, 6.07) is 18.9. The zero-order valence-electron chi connectivity index (χ0n) is 18.1. The van der Waals surface area contributed by atoms with Gasteiger partial charge in [0.2, 0.25) is 6.17 Å². The second-order valence-corrected chi connectivity index (χ2v) is 9.30. The van der Waals surface area contributed by atoms with Crippen molar-refractivity contribution in [3.8, 4) is 11.3 Å². The van der Waals surface area contributed by atoms with E-state index in [-0.39, 0.29) is 5.91 Å². The SMILES string of the molecule is CCCCCSC1=NN2C(=c3ccccc3=N[C@H]2c2ccc(-c3ccccc3Cl)o2)C(=O)N1. The summed E-state index contributed by atoms with van der Waals surface area (Å²) in [7, 11) is 0. The Morgan fingerprint density at radius 1 is 1.09 bits per heavy atom. The molecule has 0 aliphatic carbocycles. The first-order valence-electron chi connectivity index (χ1n) is 11.0. The molecule has 0 spiro atoms. The van der Waals surface area contributed by atoms with Crippen LogP contribution in [0.3, 0.4) is 0 Å². The molecular formula is C25H23ClN4O2S. The number of unbranched alkanes of at least 4 members (excludes halogenated alkanes) is 2. The quantitative estimate of drug-likeness (QED) is 0.523. The van der Waals surface area contributed by atoms with Crippen molar-refractivity contribution in [2.75, 3.05) is 5.75 Å². The van der Waals surface area contributed by atoms with Crippen LogP contribution < -0.4 is 15.9 Å². The number of benzene rings is 2. The van der Waals surface area contributed by atoms with E-state index in [2.05, 4.69) is 12.2 Å². The molecule has 0 radical (unpaired) electrons. The van der Waals surface area contributed by atoms with Crippen molar-refractivity contribution in [1.82, 2.24) is 10.3 Å². The summed E-state index contributed by atoms with van der Waals surface area (Å²) in [4.78, 5) is 18.1. The Bertz CT molecular complexity index is 1350. The number of hydrazone groups is 1. The minimum atomic E-state index is -0.594. The predicted molar refractivity (Wildman–Crippen MR) is 132 cm³/mol. The fourth-order valence-corrected chi connectivity index (χ4v) is 4.98. The molecular weight excluding hydrogens is 456 g/mol. The van der Waals surface area contributed by atoms with Crippen LogP contribution >= 0.6 is 23.4 Å². The zero-order chi connectivity index (χ0) is 22.8. The van der Waals surface area contributed by atoms with Crippen molar-refractivity contribution in [2.24, 2.45) is 10.1 Å². The van der Waals surface area contributed by atoms with Gasteiger partial charge in [-0.2, -0.15) is 0 Å². The van der Waals surface area contributed by atoms with E-state index in [1.54, 1.807) is 16.8 Å². The van der Waals surface area contributed by atoms with E-state index >= 15 is 0 Å². The topological polar surface area (TPSA) is 70.2 Å². The average molecular weight is 479 g/mol. The van der Waals surface area contributed by atoms with Crippen molar-refractivity contribution in [2.45, 2.75) is 32.4 Å². The first-order chi connectivity index (χ1) is 16.2. The van der Waals surface area contributed by atoms with Crippen LogP contribution in [0.1, 0.15) is 38.1 Å². The number of thioether (sulfide) groups is 1. The number of carbonyl (C=O) groups excluding carboxylic acids is 1. The van der Waals surface area contributed by atoms with E-state index in [1.165, 1.54) is 0 Å². The predicted octanol–water partition coefficient (Wildman–Crippen LogP) is 4.67. The van der Waals surface area contributed by atoms with Crippen molar-refractivity contribution < 1.29 is 9.21 Å². The van der Waals surface area contributed by atoms with E-state index in [4.69, 9.17) is 26.1 Å². The summed E-state index contributed by atoms with van der Waals surface area (Å²) in [6.07, 6.45) is 2.77. The van der Waals surface area contributed by atoms with E-state index in [9.17, 15) is 4.79 Å². The van der Waals surface area contributed by atoms with Gasteiger partial charge >= 0.3 is 0 Å². The molecule has 1 N–H and O–H groups in total. The van der Waals surface area contributed by atoms with Gasteiger partial charge in [0.1, 0.15) is 11.5 Å². The summed E-state index contributed by atoms with van der Waals surface area (Å²) in [5.74, 6) is 1.94. The van der Waals surface area contributed by atoms with Crippen LogP contribution in [-0.4, -0.2) is 21.8 Å². The van der Waals surface area contributed by atoms with Gasteiger partial charge in [0.05, 0.1) is 10.4 Å². The van der Waals surface area contributed by atoms with Gasteiger partial charge in [-0.05, 0) is 36.8 Å². The molecule has 33 heavy (non-hydrogen) atoms. The van der Waals surface area contributed by atoms with Gasteiger partial charge in [0.25, 0.3) is 5.91 Å². The molecule has 2 aromatic carbocycles. The number of amidine groups is 1. The molecule has 5 rings (SSSR count). The Morgan fingerprint density at radius 3 is 2.76 bits per heavy atom. The molecule has 0 saturated heterocycles. The molecule has 0 fully saturated rings. The summed E-state index contributed by atoms with van der Waals surface area (Å²) in [5, 5.41) is 12.1. The fourth-order valence-electron chi connectivity index (χ4n) is 3.90. The molecule has 1 amide bonds. The highest BCUT2D eigenvalue weighted by atomic mass is 35.5. The number of furan rings is 1. The first-order valence-corrected chi connectivity index (χ1v) is 12.4. The van der Waals surface area contributed by atoms with Crippen LogP contribution in [0.5, 0.6) is 0 Å². The van der Waals surface area contributed by atoms with Gasteiger partial charge in [-0.15, -0.1) is 5.10 Å². The number of fused-ring (bicyclic) bond motifs is 2. The molecule has 0 unspecified atom stereocenters. The van der Waals surface area contributed by atoms with Gasteiger partial charge < -0.3 is 4.42 Å². The number of hydrogen-bond donors (Lipinski definition) is 1. The number of rotatable bonds is 6. The van der Waals surface area contributed by atoms with Crippen molar-refractivity contribution in [3.63, 3.8) is 0 Å². The summed E-state index contributed by atoms with van der Waals surface area (Å²) in [6.45, 7) is 2.17. The summed E-state index contributed by atoms with van der Waals surface area (Å²) >= 11 is 7.92. The maximum Gasteiger partial charge on any atom is 0.276 e. The number of hydrogen-bond acceptors (Lipinski definition) is 6.